The summed E-state index contributed by atoms with van der Waals surface area (Å²) in [6.45, 7) is 26.0. The average molecular weight is 1320 g/mol. The lowest BCUT2D eigenvalue weighted by Gasteiger charge is -2.25. The van der Waals surface area contributed by atoms with Crippen molar-refractivity contribution in [3.8, 4) is 0 Å². The number of carbonyl (C=O) groups is 6. The lowest BCUT2D eigenvalue weighted by molar-refractivity contribution is -0.154. The van der Waals surface area contributed by atoms with Gasteiger partial charge in [0.1, 0.15) is 25.2 Å². The second kappa shape index (κ2) is 55.6. The molecular formula is C64H111N5O23. The summed E-state index contributed by atoms with van der Waals surface area (Å²) in [6, 6.07) is 3.27. The minimum atomic E-state index is -1.06. The van der Waals surface area contributed by atoms with Crippen LogP contribution in [0.4, 0.5) is 5.69 Å². The van der Waals surface area contributed by atoms with E-state index in [4.69, 9.17) is 80.5 Å². The van der Waals surface area contributed by atoms with E-state index in [1.54, 1.807) is 54.9 Å². The lowest BCUT2D eigenvalue weighted by atomic mass is 9.97. The first-order valence-electron chi connectivity index (χ1n) is 32.1. The first kappa shape index (κ1) is 83.4. The summed E-state index contributed by atoms with van der Waals surface area (Å²) >= 11 is 0. The van der Waals surface area contributed by atoms with Gasteiger partial charge in [-0.1, -0.05) is 19.9 Å². The van der Waals surface area contributed by atoms with E-state index in [1.165, 1.54) is 6.92 Å². The number of hydrogen-bond acceptors (Lipinski definition) is 24. The van der Waals surface area contributed by atoms with Crippen molar-refractivity contribution in [2.45, 2.75) is 79.5 Å². The van der Waals surface area contributed by atoms with Gasteiger partial charge in [0, 0.05) is 51.8 Å². The Morgan fingerprint density at radius 3 is 1.24 bits per heavy atom. The van der Waals surface area contributed by atoms with Gasteiger partial charge in [-0.3, -0.25) is 33.7 Å². The van der Waals surface area contributed by atoms with E-state index in [0.29, 0.717) is 230 Å². The van der Waals surface area contributed by atoms with Gasteiger partial charge in [0.05, 0.1) is 197 Å². The molecule has 0 radical (unpaired) electrons. The van der Waals surface area contributed by atoms with E-state index >= 15 is 0 Å². The molecule has 2 atom stereocenters. The summed E-state index contributed by atoms with van der Waals surface area (Å²) in [5.41, 5.74) is 1.38. The number of ether oxygens (including phenoxy) is 17. The minimum Gasteiger partial charge on any atom is -0.460 e. The SMILES string of the molecule is COCCOCCOCCOCCOCCOCCOCCOCCCN(CCCc1cc(NC(=O)[C@H](C)NC(=O)[C@@H](NC(=O)CN2C(=O)C=CC2=O)C(C)C)ccc1COC(=O)C(C)(C)C)CCOCCOCCOCCOCCOCCOCCOCCOC. The highest BCUT2D eigenvalue weighted by atomic mass is 16.6. The molecule has 2 rings (SSSR count). The number of benzene rings is 1. The number of amides is 5. The van der Waals surface area contributed by atoms with Crippen molar-refractivity contribution in [2.24, 2.45) is 11.3 Å². The molecule has 530 valence electrons. The van der Waals surface area contributed by atoms with E-state index in [0.717, 1.165) is 41.1 Å². The average Bonchev–Trinajstić information content (AvgIpc) is 1.42. The maximum absolute atomic E-state index is 13.6. The standard InChI is InChI=1S/C64H111N5O23/c1-52(2)60(67-57(70)50-69-58(71)14-15-59(69)72)62(74)65-53(3)61(73)66-56-13-12-55(51-92-63(75)64(4,5)6)54(49-56)11-9-16-68(18-20-79-26-28-83-34-36-87-42-44-91-48-46-89-40-38-85-32-30-81-24-22-77-8)17-10-19-78-25-27-82-33-35-86-41-43-90-47-45-88-39-37-84-31-29-80-23-21-76-7/h12-15,49,52-53,60H,9-11,16-48,50-51H2,1-8H3,(H,65,74)(H,66,73)(H,67,70)/t53-,60-/m0/s1. The number of nitrogens with one attached hydrogen (secondary N) is 3. The van der Waals surface area contributed by atoms with Crippen LogP contribution in [-0.2, 0) is 122 Å². The Labute approximate surface area is 545 Å². The molecule has 0 spiro atoms. The molecule has 0 saturated heterocycles. The molecule has 0 fully saturated rings. The van der Waals surface area contributed by atoms with Gasteiger partial charge in [-0.25, -0.2) is 0 Å². The van der Waals surface area contributed by atoms with Crippen LogP contribution >= 0.6 is 0 Å². The molecule has 5 amide bonds. The van der Waals surface area contributed by atoms with Gasteiger partial charge >= 0.3 is 5.97 Å². The zero-order valence-corrected chi connectivity index (χ0v) is 56.3. The number of esters is 1. The molecular weight excluding hydrogens is 1210 g/mol. The van der Waals surface area contributed by atoms with E-state index in [2.05, 4.69) is 20.9 Å². The van der Waals surface area contributed by atoms with Crippen molar-refractivity contribution >= 4 is 41.2 Å². The fraction of sp³-hybridized carbons (Fsp3) is 0.781. The van der Waals surface area contributed by atoms with Crippen LogP contribution in [0.5, 0.6) is 0 Å². The van der Waals surface area contributed by atoms with E-state index < -0.39 is 59.5 Å². The summed E-state index contributed by atoms with van der Waals surface area (Å²) < 4.78 is 94.0. The van der Waals surface area contributed by atoms with Gasteiger partial charge in [-0.05, 0) is 82.7 Å². The monoisotopic (exact) mass is 1320 g/mol. The lowest BCUT2D eigenvalue weighted by Crippen LogP contribution is -2.55. The second-order valence-electron chi connectivity index (χ2n) is 22.3. The number of imide groups is 1. The quantitative estimate of drug-likeness (QED) is 0.0479. The number of methoxy groups -OCH3 is 2. The molecule has 0 bridgehead atoms. The largest absolute Gasteiger partial charge is 0.460 e. The fourth-order valence-electron chi connectivity index (χ4n) is 8.08. The van der Waals surface area contributed by atoms with Crippen LogP contribution in [0.3, 0.4) is 0 Å². The van der Waals surface area contributed by atoms with Crippen LogP contribution in [0.2, 0.25) is 0 Å². The molecule has 28 nitrogen and oxygen atoms in total. The first-order chi connectivity index (χ1) is 44.6. The third-order valence-corrected chi connectivity index (χ3v) is 13.2. The van der Waals surface area contributed by atoms with Crippen molar-refractivity contribution < 1.29 is 109 Å². The number of anilines is 1. The zero-order valence-electron chi connectivity index (χ0n) is 56.3. The van der Waals surface area contributed by atoms with Gasteiger partial charge in [-0.15, -0.1) is 0 Å². The van der Waals surface area contributed by atoms with Crippen LogP contribution in [-0.4, -0.2) is 296 Å². The van der Waals surface area contributed by atoms with Crippen molar-refractivity contribution in [3.05, 3.63) is 41.5 Å². The van der Waals surface area contributed by atoms with Gasteiger partial charge in [0.15, 0.2) is 0 Å². The summed E-state index contributed by atoms with van der Waals surface area (Å²) in [5.74, 6) is -3.85. The molecule has 0 saturated carbocycles. The number of aryl methyl sites for hydroxylation is 1. The highest BCUT2D eigenvalue weighted by Crippen LogP contribution is 2.22. The third kappa shape index (κ3) is 44.1. The molecule has 28 heteroatoms. The molecule has 1 aliphatic heterocycles. The first-order valence-corrected chi connectivity index (χ1v) is 32.1. The smallest absolute Gasteiger partial charge is 0.311 e. The van der Waals surface area contributed by atoms with Crippen LogP contribution in [0.25, 0.3) is 0 Å². The van der Waals surface area contributed by atoms with Gasteiger partial charge < -0.3 is 101 Å². The molecule has 0 aromatic heterocycles. The van der Waals surface area contributed by atoms with Crippen LogP contribution in [0.1, 0.15) is 65.5 Å². The zero-order chi connectivity index (χ0) is 67.1. The summed E-state index contributed by atoms with van der Waals surface area (Å²) in [7, 11) is 3.27. The molecule has 0 unspecified atom stereocenters. The molecule has 1 aliphatic rings. The van der Waals surface area contributed by atoms with E-state index in [1.807, 2.05) is 12.1 Å². The molecule has 0 aliphatic carbocycles. The predicted octanol–water partition coefficient (Wildman–Crippen LogP) is 2.43. The fourth-order valence-corrected chi connectivity index (χ4v) is 8.08. The Morgan fingerprint density at radius 1 is 0.467 bits per heavy atom. The third-order valence-electron chi connectivity index (χ3n) is 13.2. The molecule has 1 aromatic carbocycles. The van der Waals surface area contributed by atoms with Crippen LogP contribution < -0.4 is 16.0 Å². The van der Waals surface area contributed by atoms with Gasteiger partial charge in [-0.2, -0.15) is 0 Å². The van der Waals surface area contributed by atoms with Gasteiger partial charge in [0.2, 0.25) is 17.7 Å². The van der Waals surface area contributed by atoms with E-state index in [9.17, 15) is 28.8 Å². The van der Waals surface area contributed by atoms with Crippen LogP contribution in [0, 0.1) is 11.3 Å². The Balaban J connectivity index is 1.87. The second-order valence-corrected chi connectivity index (χ2v) is 22.3. The van der Waals surface area contributed by atoms with Crippen molar-refractivity contribution in [1.29, 1.82) is 0 Å². The Bertz CT molecular complexity index is 2100. The molecule has 1 aromatic rings. The maximum atomic E-state index is 13.6. The number of rotatable bonds is 63. The molecule has 1 heterocycles. The normalized spacial score (nSPS) is 13.2. The summed E-state index contributed by atoms with van der Waals surface area (Å²) in [6.07, 6.45) is 4.16. The maximum Gasteiger partial charge on any atom is 0.311 e. The number of nitrogens with zero attached hydrogens (tertiary/aromatic N) is 2. The predicted molar refractivity (Wildman–Crippen MR) is 339 cm³/mol. The Hall–Kier alpha value is -4.70. The highest BCUT2D eigenvalue weighted by molar-refractivity contribution is 6.14. The van der Waals surface area contributed by atoms with Crippen molar-refractivity contribution in [3.63, 3.8) is 0 Å². The van der Waals surface area contributed by atoms with Gasteiger partial charge in [0.25, 0.3) is 11.8 Å². The highest BCUT2D eigenvalue weighted by Gasteiger charge is 2.31. The number of hydrogen-bond donors (Lipinski definition) is 3. The minimum absolute atomic E-state index is 0.0258. The Morgan fingerprint density at radius 2 is 0.848 bits per heavy atom. The van der Waals surface area contributed by atoms with Crippen molar-refractivity contribution in [2.75, 3.05) is 244 Å². The van der Waals surface area contributed by atoms with E-state index in [-0.39, 0.29) is 12.6 Å². The summed E-state index contributed by atoms with van der Waals surface area (Å²) in [5, 5.41) is 8.15. The molecule has 3 N–H and O–H groups in total. The summed E-state index contributed by atoms with van der Waals surface area (Å²) in [4.78, 5) is 79.8. The van der Waals surface area contributed by atoms with Crippen LogP contribution in [0.15, 0.2) is 30.4 Å². The number of carbonyl (C=O) groups excluding carboxylic acids is 6. The Kier molecular flexibility index (Phi) is 50.4. The molecule has 92 heavy (non-hydrogen) atoms. The van der Waals surface area contributed by atoms with Crippen molar-refractivity contribution in [1.82, 2.24) is 20.4 Å². The topological polar surface area (TPSA) is 302 Å².